The molecule has 106 valence electrons. The molecule has 5 heteroatoms. The Morgan fingerprint density at radius 1 is 1.37 bits per heavy atom. The van der Waals surface area contributed by atoms with Crippen LogP contribution in [0.25, 0.3) is 0 Å². The van der Waals surface area contributed by atoms with Crippen molar-refractivity contribution in [3.8, 4) is 5.75 Å². The van der Waals surface area contributed by atoms with Gasteiger partial charge in [-0.3, -0.25) is 4.79 Å². The summed E-state index contributed by atoms with van der Waals surface area (Å²) in [7, 11) is 1.66. The Labute approximate surface area is 120 Å². The van der Waals surface area contributed by atoms with E-state index in [0.29, 0.717) is 13.1 Å². The van der Waals surface area contributed by atoms with Crippen molar-refractivity contribution in [1.29, 1.82) is 0 Å². The van der Waals surface area contributed by atoms with E-state index in [0.717, 1.165) is 37.2 Å². The van der Waals surface area contributed by atoms with Crippen LogP contribution in [0.4, 0.5) is 0 Å². The van der Waals surface area contributed by atoms with Gasteiger partial charge in [0.2, 0.25) is 5.91 Å². The van der Waals surface area contributed by atoms with Gasteiger partial charge in [-0.25, -0.2) is 0 Å². The molecular formula is C14H21ClN2O2. The largest absolute Gasteiger partial charge is 0.497 e. The summed E-state index contributed by atoms with van der Waals surface area (Å²) in [6.07, 6.45) is 2.28. The fourth-order valence-corrected chi connectivity index (χ4v) is 2.17. The Kier molecular flexibility index (Phi) is 6.67. The molecular weight excluding hydrogens is 264 g/mol. The maximum absolute atomic E-state index is 11.8. The molecule has 0 bridgehead atoms. The number of hydrogen-bond donors (Lipinski definition) is 1. The standard InChI is InChI=1S/C14H20N2O2.ClH/c1-18-13-6-4-5-12(9-13)10-15-11-14(17)16-7-2-3-8-16;/h4-6,9,15H,2-3,7-8,10-11H2,1H3;1H. The SMILES string of the molecule is COc1cccc(CNCC(=O)N2CCCC2)c1.Cl. The lowest BCUT2D eigenvalue weighted by molar-refractivity contribution is -0.129. The molecule has 19 heavy (non-hydrogen) atoms. The molecule has 1 fully saturated rings. The average molecular weight is 285 g/mol. The van der Waals surface area contributed by atoms with E-state index < -0.39 is 0 Å². The zero-order chi connectivity index (χ0) is 12.8. The summed E-state index contributed by atoms with van der Waals surface area (Å²) in [5.41, 5.74) is 1.13. The summed E-state index contributed by atoms with van der Waals surface area (Å²) in [4.78, 5) is 13.7. The van der Waals surface area contributed by atoms with Gasteiger partial charge in [-0.05, 0) is 30.5 Å². The molecule has 1 N–H and O–H groups in total. The van der Waals surface area contributed by atoms with Crippen molar-refractivity contribution < 1.29 is 9.53 Å². The highest BCUT2D eigenvalue weighted by Crippen LogP contribution is 2.12. The molecule has 4 nitrogen and oxygen atoms in total. The number of carbonyl (C=O) groups is 1. The van der Waals surface area contributed by atoms with Gasteiger partial charge in [0.05, 0.1) is 13.7 Å². The minimum atomic E-state index is 0. The van der Waals surface area contributed by atoms with Crippen molar-refractivity contribution in [2.45, 2.75) is 19.4 Å². The number of nitrogens with one attached hydrogen (secondary N) is 1. The van der Waals surface area contributed by atoms with Gasteiger partial charge in [-0.15, -0.1) is 12.4 Å². The second-order valence-electron chi connectivity index (χ2n) is 4.54. The van der Waals surface area contributed by atoms with Gasteiger partial charge in [0.25, 0.3) is 0 Å². The number of carbonyl (C=O) groups excluding carboxylic acids is 1. The van der Waals surface area contributed by atoms with Crippen molar-refractivity contribution in [3.63, 3.8) is 0 Å². The summed E-state index contributed by atoms with van der Waals surface area (Å²) < 4.78 is 5.16. The van der Waals surface area contributed by atoms with E-state index in [4.69, 9.17) is 4.74 Å². The molecule has 1 heterocycles. The van der Waals surface area contributed by atoms with Crippen molar-refractivity contribution in [1.82, 2.24) is 10.2 Å². The Bertz CT molecular complexity index is 406. The first-order valence-electron chi connectivity index (χ1n) is 6.41. The van der Waals surface area contributed by atoms with Gasteiger partial charge >= 0.3 is 0 Å². The van der Waals surface area contributed by atoms with Crippen molar-refractivity contribution in [2.24, 2.45) is 0 Å². The molecule has 1 aromatic carbocycles. The van der Waals surface area contributed by atoms with Gasteiger partial charge in [-0.2, -0.15) is 0 Å². The second-order valence-corrected chi connectivity index (χ2v) is 4.54. The number of nitrogens with zero attached hydrogens (tertiary/aromatic N) is 1. The third-order valence-electron chi connectivity index (χ3n) is 3.20. The van der Waals surface area contributed by atoms with Crippen LogP contribution in [0.1, 0.15) is 18.4 Å². The highest BCUT2D eigenvalue weighted by atomic mass is 35.5. The van der Waals surface area contributed by atoms with Gasteiger partial charge in [-0.1, -0.05) is 12.1 Å². The average Bonchev–Trinajstić information content (AvgIpc) is 2.93. The minimum Gasteiger partial charge on any atom is -0.497 e. The molecule has 1 aromatic rings. The number of amides is 1. The third kappa shape index (κ3) is 4.73. The first-order valence-corrected chi connectivity index (χ1v) is 6.41. The van der Waals surface area contributed by atoms with Crippen LogP contribution >= 0.6 is 12.4 Å². The quantitative estimate of drug-likeness (QED) is 0.897. The summed E-state index contributed by atoms with van der Waals surface area (Å²) in [6, 6.07) is 7.88. The first-order chi connectivity index (χ1) is 8.79. The maximum Gasteiger partial charge on any atom is 0.236 e. The molecule has 0 aromatic heterocycles. The van der Waals surface area contributed by atoms with E-state index in [-0.39, 0.29) is 18.3 Å². The fraction of sp³-hybridized carbons (Fsp3) is 0.500. The molecule has 0 unspecified atom stereocenters. The molecule has 2 rings (SSSR count). The number of likely N-dealkylation sites (tertiary alicyclic amines) is 1. The minimum absolute atomic E-state index is 0. The Hall–Kier alpha value is -1.26. The summed E-state index contributed by atoms with van der Waals surface area (Å²) >= 11 is 0. The van der Waals surface area contributed by atoms with Crippen LogP contribution in [0, 0.1) is 0 Å². The number of benzene rings is 1. The van der Waals surface area contributed by atoms with E-state index in [9.17, 15) is 4.79 Å². The molecule has 0 saturated carbocycles. The maximum atomic E-state index is 11.8. The summed E-state index contributed by atoms with van der Waals surface area (Å²) in [6.45, 7) is 2.94. The summed E-state index contributed by atoms with van der Waals surface area (Å²) in [5.74, 6) is 1.05. The van der Waals surface area contributed by atoms with Gasteiger partial charge in [0.15, 0.2) is 0 Å². The predicted molar refractivity (Wildman–Crippen MR) is 77.8 cm³/mol. The Balaban J connectivity index is 0.00000180. The topological polar surface area (TPSA) is 41.6 Å². The molecule has 1 saturated heterocycles. The Morgan fingerprint density at radius 3 is 2.79 bits per heavy atom. The monoisotopic (exact) mass is 284 g/mol. The van der Waals surface area contributed by atoms with E-state index in [1.54, 1.807) is 7.11 Å². The number of hydrogen-bond acceptors (Lipinski definition) is 3. The van der Waals surface area contributed by atoms with Crippen molar-refractivity contribution >= 4 is 18.3 Å². The van der Waals surface area contributed by atoms with E-state index >= 15 is 0 Å². The molecule has 0 aliphatic carbocycles. The number of rotatable bonds is 5. The molecule has 0 spiro atoms. The van der Waals surface area contributed by atoms with Gasteiger partial charge in [0, 0.05) is 19.6 Å². The number of halogens is 1. The van der Waals surface area contributed by atoms with Crippen molar-refractivity contribution in [2.75, 3.05) is 26.7 Å². The molecule has 1 aliphatic rings. The lowest BCUT2D eigenvalue weighted by Gasteiger charge is -2.15. The van der Waals surface area contributed by atoms with Crippen LogP contribution in [0.3, 0.4) is 0 Å². The smallest absolute Gasteiger partial charge is 0.236 e. The van der Waals surface area contributed by atoms with Gasteiger partial charge < -0.3 is 15.0 Å². The first kappa shape index (κ1) is 15.8. The highest BCUT2D eigenvalue weighted by molar-refractivity contribution is 5.85. The zero-order valence-corrected chi connectivity index (χ0v) is 12.0. The van der Waals surface area contributed by atoms with Crippen LogP contribution in [0.2, 0.25) is 0 Å². The van der Waals surface area contributed by atoms with Crippen molar-refractivity contribution in [3.05, 3.63) is 29.8 Å². The molecule has 1 aliphatic heterocycles. The third-order valence-corrected chi connectivity index (χ3v) is 3.20. The highest BCUT2D eigenvalue weighted by Gasteiger charge is 2.16. The molecule has 1 amide bonds. The number of ether oxygens (including phenoxy) is 1. The number of methoxy groups -OCH3 is 1. The Morgan fingerprint density at radius 2 is 2.11 bits per heavy atom. The van der Waals surface area contributed by atoms with E-state index in [1.165, 1.54) is 0 Å². The predicted octanol–water partition coefficient (Wildman–Crippen LogP) is 1.83. The van der Waals surface area contributed by atoms with Crippen LogP contribution in [-0.4, -0.2) is 37.6 Å². The normalized spacial score (nSPS) is 14.1. The zero-order valence-electron chi connectivity index (χ0n) is 11.2. The fourth-order valence-electron chi connectivity index (χ4n) is 2.17. The molecule has 0 radical (unpaired) electrons. The van der Waals surface area contributed by atoms with Crippen LogP contribution < -0.4 is 10.1 Å². The molecule has 0 atom stereocenters. The second kappa shape index (κ2) is 8.02. The lowest BCUT2D eigenvalue weighted by Crippen LogP contribution is -2.35. The van der Waals surface area contributed by atoms with Gasteiger partial charge in [0.1, 0.15) is 5.75 Å². The van der Waals surface area contributed by atoms with Crippen LogP contribution in [0.5, 0.6) is 5.75 Å². The lowest BCUT2D eigenvalue weighted by atomic mass is 10.2. The van der Waals surface area contributed by atoms with Crippen LogP contribution in [0.15, 0.2) is 24.3 Å². The van der Waals surface area contributed by atoms with Crippen LogP contribution in [-0.2, 0) is 11.3 Å². The van der Waals surface area contributed by atoms with E-state index in [2.05, 4.69) is 5.32 Å². The van der Waals surface area contributed by atoms with E-state index in [1.807, 2.05) is 29.2 Å². The summed E-state index contributed by atoms with van der Waals surface area (Å²) in [5, 5.41) is 3.18.